The average molecular weight is 676 g/mol. The standard InChI is InChI=1S/C37H42ClN3O5S/c1-5-46-35-14-10-9-13-33(35)41(47(44,45)32-21-19-31(38)20-22-32)26-36(42)40(25-30-17-15-28(4)16-18-30)34(37(43)39-24-27(2)3)23-29-11-7-6-8-12-29/h6-22,27,34H,5,23-26H2,1-4H3,(H,39,43)/t34-/m1/s1. The van der Waals surface area contributed by atoms with E-state index in [1.807, 2.05) is 75.4 Å². The van der Waals surface area contributed by atoms with E-state index in [1.54, 1.807) is 31.2 Å². The van der Waals surface area contributed by atoms with Crippen LogP contribution in [0.3, 0.4) is 0 Å². The highest BCUT2D eigenvalue weighted by Crippen LogP contribution is 2.33. The molecule has 4 rings (SSSR count). The van der Waals surface area contributed by atoms with Gasteiger partial charge in [-0.15, -0.1) is 0 Å². The molecule has 0 heterocycles. The first-order chi connectivity index (χ1) is 22.5. The summed E-state index contributed by atoms with van der Waals surface area (Å²) in [5.41, 5.74) is 2.93. The molecule has 0 fully saturated rings. The Kier molecular flexibility index (Phi) is 12.4. The van der Waals surface area contributed by atoms with Crippen LogP contribution in [0.25, 0.3) is 0 Å². The van der Waals surface area contributed by atoms with Crippen molar-refractivity contribution in [2.75, 3.05) is 24.0 Å². The van der Waals surface area contributed by atoms with Gasteiger partial charge in [0, 0.05) is 24.5 Å². The topological polar surface area (TPSA) is 96.0 Å². The largest absolute Gasteiger partial charge is 0.492 e. The molecule has 0 aliphatic carbocycles. The molecule has 248 valence electrons. The van der Waals surface area contributed by atoms with Crippen molar-refractivity contribution in [1.29, 1.82) is 0 Å². The summed E-state index contributed by atoms with van der Waals surface area (Å²) < 4.78 is 35.5. The van der Waals surface area contributed by atoms with Crippen LogP contribution in [0.1, 0.15) is 37.5 Å². The van der Waals surface area contributed by atoms with Gasteiger partial charge in [0.05, 0.1) is 17.2 Å². The second kappa shape index (κ2) is 16.5. The molecule has 4 aromatic carbocycles. The normalized spacial score (nSPS) is 12.0. The lowest BCUT2D eigenvalue weighted by Crippen LogP contribution is -2.53. The molecule has 0 aromatic heterocycles. The molecule has 0 aliphatic rings. The van der Waals surface area contributed by atoms with Crippen LogP contribution in [0.2, 0.25) is 5.02 Å². The molecule has 2 amide bonds. The lowest BCUT2D eigenvalue weighted by molar-refractivity contribution is -0.140. The van der Waals surface area contributed by atoms with E-state index in [-0.39, 0.29) is 42.0 Å². The van der Waals surface area contributed by atoms with Gasteiger partial charge < -0.3 is 15.0 Å². The number of carbonyl (C=O) groups excluding carboxylic acids is 2. The van der Waals surface area contributed by atoms with Crippen LogP contribution in [0.4, 0.5) is 5.69 Å². The van der Waals surface area contributed by atoms with E-state index in [0.717, 1.165) is 21.0 Å². The zero-order valence-electron chi connectivity index (χ0n) is 27.2. The third-order valence-electron chi connectivity index (χ3n) is 7.54. The van der Waals surface area contributed by atoms with E-state index in [1.165, 1.54) is 29.2 Å². The van der Waals surface area contributed by atoms with Gasteiger partial charge in [0.1, 0.15) is 18.3 Å². The minimum atomic E-state index is -4.30. The highest BCUT2D eigenvalue weighted by molar-refractivity contribution is 7.92. The Labute approximate surface area is 283 Å². The number of sulfonamides is 1. The first kappa shape index (κ1) is 35.5. The van der Waals surface area contributed by atoms with Crippen LogP contribution in [0, 0.1) is 12.8 Å². The number of hydrogen-bond donors (Lipinski definition) is 1. The van der Waals surface area contributed by atoms with Gasteiger partial charge in [-0.2, -0.15) is 0 Å². The number of rotatable bonds is 15. The number of halogens is 1. The molecule has 0 bridgehead atoms. The van der Waals surface area contributed by atoms with Gasteiger partial charge in [0.2, 0.25) is 11.8 Å². The predicted molar refractivity (Wildman–Crippen MR) is 187 cm³/mol. The summed E-state index contributed by atoms with van der Waals surface area (Å²) in [4.78, 5) is 30.0. The molecular formula is C37H42ClN3O5S. The molecule has 0 aliphatic heterocycles. The maximum Gasteiger partial charge on any atom is 0.264 e. The maximum absolute atomic E-state index is 14.7. The Hall–Kier alpha value is -4.34. The van der Waals surface area contributed by atoms with Crippen molar-refractivity contribution in [3.05, 3.63) is 125 Å². The van der Waals surface area contributed by atoms with Crippen molar-refractivity contribution < 1.29 is 22.7 Å². The molecule has 4 aromatic rings. The second-order valence-corrected chi connectivity index (χ2v) is 14.0. The molecule has 47 heavy (non-hydrogen) atoms. The SMILES string of the molecule is CCOc1ccccc1N(CC(=O)N(Cc1ccc(C)cc1)[C@H](Cc1ccccc1)C(=O)NCC(C)C)S(=O)(=O)c1ccc(Cl)cc1. The highest BCUT2D eigenvalue weighted by atomic mass is 35.5. The molecule has 0 unspecified atom stereocenters. The lowest BCUT2D eigenvalue weighted by atomic mass is 10.0. The van der Waals surface area contributed by atoms with Gasteiger partial charge in [0.15, 0.2) is 0 Å². The van der Waals surface area contributed by atoms with Crippen molar-refractivity contribution in [3.63, 3.8) is 0 Å². The number of carbonyl (C=O) groups is 2. The van der Waals surface area contributed by atoms with Gasteiger partial charge >= 0.3 is 0 Å². The monoisotopic (exact) mass is 675 g/mol. The fraction of sp³-hybridized carbons (Fsp3) is 0.297. The first-order valence-electron chi connectivity index (χ1n) is 15.7. The number of amides is 2. The minimum Gasteiger partial charge on any atom is -0.492 e. The zero-order valence-corrected chi connectivity index (χ0v) is 28.8. The Morgan fingerprint density at radius 1 is 0.851 bits per heavy atom. The second-order valence-electron chi connectivity index (χ2n) is 11.7. The van der Waals surface area contributed by atoms with Gasteiger partial charge in [-0.3, -0.25) is 13.9 Å². The molecule has 10 heteroatoms. The Morgan fingerprint density at radius 3 is 2.13 bits per heavy atom. The van der Waals surface area contributed by atoms with Crippen LogP contribution in [0.15, 0.2) is 108 Å². The highest BCUT2D eigenvalue weighted by Gasteiger charge is 2.35. The summed E-state index contributed by atoms with van der Waals surface area (Å²) >= 11 is 6.09. The third-order valence-corrected chi connectivity index (χ3v) is 9.57. The number of aryl methyl sites for hydroxylation is 1. The summed E-state index contributed by atoms with van der Waals surface area (Å²) in [7, 11) is -4.30. The number of nitrogens with zero attached hydrogens (tertiary/aromatic N) is 2. The van der Waals surface area contributed by atoms with Crippen molar-refractivity contribution in [2.45, 2.75) is 51.6 Å². The number of benzene rings is 4. The summed E-state index contributed by atoms with van der Waals surface area (Å²) in [5.74, 6) is -0.367. The van der Waals surface area contributed by atoms with Gasteiger partial charge in [0.25, 0.3) is 10.0 Å². The van der Waals surface area contributed by atoms with E-state index in [0.29, 0.717) is 17.3 Å². The van der Waals surface area contributed by atoms with Gasteiger partial charge in [-0.25, -0.2) is 8.42 Å². The summed E-state index contributed by atoms with van der Waals surface area (Å²) in [6, 6.07) is 28.7. The van der Waals surface area contributed by atoms with Gasteiger partial charge in [-0.1, -0.05) is 97.7 Å². The van der Waals surface area contributed by atoms with Crippen LogP contribution >= 0.6 is 11.6 Å². The Bertz CT molecular complexity index is 1730. The molecule has 1 atom stereocenters. The fourth-order valence-corrected chi connectivity index (χ4v) is 6.61. The molecule has 0 saturated heterocycles. The van der Waals surface area contributed by atoms with Crippen LogP contribution in [-0.4, -0.2) is 50.9 Å². The van der Waals surface area contributed by atoms with E-state index in [4.69, 9.17) is 16.3 Å². The van der Waals surface area contributed by atoms with Crippen LogP contribution in [-0.2, 0) is 32.6 Å². The zero-order chi connectivity index (χ0) is 34.0. The summed E-state index contributed by atoms with van der Waals surface area (Å²) in [6.07, 6.45) is 0.238. The number of nitrogens with one attached hydrogen (secondary N) is 1. The molecule has 8 nitrogen and oxygen atoms in total. The number of anilines is 1. The molecule has 0 saturated carbocycles. The fourth-order valence-electron chi connectivity index (χ4n) is 5.05. The first-order valence-corrected chi connectivity index (χ1v) is 17.5. The van der Waals surface area contributed by atoms with E-state index in [9.17, 15) is 18.0 Å². The Morgan fingerprint density at radius 2 is 1.49 bits per heavy atom. The molecule has 0 radical (unpaired) electrons. The predicted octanol–water partition coefficient (Wildman–Crippen LogP) is 6.65. The molecule has 0 spiro atoms. The maximum atomic E-state index is 14.7. The summed E-state index contributed by atoms with van der Waals surface area (Å²) in [6.45, 7) is 7.99. The average Bonchev–Trinajstić information content (AvgIpc) is 3.06. The van der Waals surface area contributed by atoms with Crippen molar-refractivity contribution >= 4 is 39.1 Å². The minimum absolute atomic E-state index is 0.0402. The van der Waals surface area contributed by atoms with E-state index >= 15 is 0 Å². The Balaban J connectivity index is 1.83. The lowest BCUT2D eigenvalue weighted by Gasteiger charge is -2.34. The quantitative estimate of drug-likeness (QED) is 0.152. The van der Waals surface area contributed by atoms with Crippen LogP contribution < -0.4 is 14.4 Å². The molecular weight excluding hydrogens is 634 g/mol. The van der Waals surface area contributed by atoms with Gasteiger partial charge in [-0.05, 0) is 67.3 Å². The van der Waals surface area contributed by atoms with Crippen molar-refractivity contribution in [1.82, 2.24) is 10.2 Å². The van der Waals surface area contributed by atoms with E-state index < -0.39 is 28.5 Å². The number of para-hydroxylation sites is 2. The summed E-state index contributed by atoms with van der Waals surface area (Å²) in [5, 5.41) is 3.38. The number of ether oxygens (including phenoxy) is 1. The smallest absolute Gasteiger partial charge is 0.264 e. The molecule has 1 N–H and O–H groups in total. The van der Waals surface area contributed by atoms with Crippen molar-refractivity contribution in [2.24, 2.45) is 5.92 Å². The van der Waals surface area contributed by atoms with Crippen LogP contribution in [0.5, 0.6) is 5.75 Å². The number of hydrogen-bond acceptors (Lipinski definition) is 5. The van der Waals surface area contributed by atoms with E-state index in [2.05, 4.69) is 5.32 Å². The third kappa shape index (κ3) is 9.59. The van der Waals surface area contributed by atoms with Crippen molar-refractivity contribution in [3.8, 4) is 5.75 Å².